The van der Waals surface area contributed by atoms with Gasteiger partial charge in [-0.1, -0.05) is 27.7 Å². The number of carbonyl (C=O) groups excluding carboxylic acids is 1. The van der Waals surface area contributed by atoms with Gasteiger partial charge in [-0.3, -0.25) is 9.59 Å². The summed E-state index contributed by atoms with van der Waals surface area (Å²) in [6.07, 6.45) is 5.61. The minimum atomic E-state index is -0.772. The fourth-order valence-corrected chi connectivity index (χ4v) is 8.86. The third kappa shape index (κ3) is 3.02. The van der Waals surface area contributed by atoms with Gasteiger partial charge in [0.15, 0.2) is 0 Å². The number of rotatable bonds is 4. The number of carboxylic acids is 1. The maximum absolute atomic E-state index is 13.8. The highest BCUT2D eigenvalue weighted by atomic mass is 16.4. The van der Waals surface area contributed by atoms with Crippen LogP contribution in [0.5, 0.6) is 0 Å². The van der Waals surface area contributed by atoms with Crippen molar-refractivity contribution >= 4 is 11.8 Å². The number of carbonyl (C=O) groups is 2. The standard InChI is InChI=1S/C25H40O5/c1-14(5-8-21(29)30)16-6-7-17-22-18(11-20(28)25(16,17)4)24(3)10-9-15(26)12-23(24,2)13-19(22)27/h14-19,22,26-27H,5-13H2,1-4H3,(H,29,30)/t14?,15-,16-,17+,18+,19-,22+,23?,24-,25-/m1/s1. The number of aliphatic carboxylic acids is 1. The third-order valence-electron chi connectivity index (χ3n) is 10.7. The third-order valence-corrected chi connectivity index (χ3v) is 10.7. The molecule has 0 radical (unpaired) electrons. The normalized spacial score (nSPS) is 51.6. The van der Waals surface area contributed by atoms with Crippen LogP contribution < -0.4 is 0 Å². The Kier molecular flexibility index (Phi) is 5.42. The molecule has 5 heteroatoms. The van der Waals surface area contributed by atoms with Gasteiger partial charge in [-0.05, 0) is 85.4 Å². The first-order valence-electron chi connectivity index (χ1n) is 12.1. The molecule has 30 heavy (non-hydrogen) atoms. The van der Waals surface area contributed by atoms with Crippen molar-refractivity contribution in [1.29, 1.82) is 0 Å². The monoisotopic (exact) mass is 420 g/mol. The van der Waals surface area contributed by atoms with Gasteiger partial charge >= 0.3 is 5.97 Å². The van der Waals surface area contributed by atoms with Crippen LogP contribution in [0.1, 0.15) is 85.5 Å². The van der Waals surface area contributed by atoms with E-state index < -0.39 is 17.5 Å². The van der Waals surface area contributed by atoms with Crippen LogP contribution in [-0.2, 0) is 9.59 Å². The van der Waals surface area contributed by atoms with Gasteiger partial charge in [0.1, 0.15) is 5.78 Å². The van der Waals surface area contributed by atoms with Crippen molar-refractivity contribution in [3.8, 4) is 0 Å². The highest BCUT2D eigenvalue weighted by molar-refractivity contribution is 5.87. The van der Waals surface area contributed by atoms with Crippen LogP contribution in [0, 0.1) is 45.8 Å². The summed E-state index contributed by atoms with van der Waals surface area (Å²) in [6.45, 7) is 8.77. The molecule has 4 aliphatic rings. The lowest BCUT2D eigenvalue weighted by Gasteiger charge is -2.65. The molecule has 5 nitrogen and oxygen atoms in total. The number of Topliss-reactive ketones (excluding diaryl/α,β-unsaturated/α-hetero) is 1. The minimum absolute atomic E-state index is 0.0277. The molecule has 0 amide bonds. The van der Waals surface area contributed by atoms with Gasteiger partial charge < -0.3 is 15.3 Å². The molecular formula is C25H40O5. The van der Waals surface area contributed by atoms with Gasteiger partial charge in [-0.2, -0.15) is 0 Å². The van der Waals surface area contributed by atoms with Gasteiger partial charge in [0.05, 0.1) is 12.2 Å². The molecule has 3 N–H and O–H groups in total. The molecule has 0 aromatic carbocycles. The van der Waals surface area contributed by atoms with E-state index in [0.29, 0.717) is 25.0 Å². The second-order valence-corrected chi connectivity index (χ2v) is 11.9. The Morgan fingerprint density at radius 2 is 1.80 bits per heavy atom. The molecule has 0 aliphatic heterocycles. The fourth-order valence-electron chi connectivity index (χ4n) is 8.86. The largest absolute Gasteiger partial charge is 0.481 e. The van der Waals surface area contributed by atoms with Crippen molar-refractivity contribution in [3.05, 3.63) is 0 Å². The van der Waals surface area contributed by atoms with E-state index in [4.69, 9.17) is 5.11 Å². The van der Waals surface area contributed by atoms with Crippen LogP contribution in [-0.4, -0.2) is 39.3 Å². The molecule has 0 saturated heterocycles. The van der Waals surface area contributed by atoms with E-state index in [1.165, 1.54) is 0 Å². The summed E-state index contributed by atoms with van der Waals surface area (Å²) in [5, 5.41) is 30.8. The van der Waals surface area contributed by atoms with Crippen molar-refractivity contribution in [2.45, 2.75) is 97.7 Å². The van der Waals surface area contributed by atoms with Crippen LogP contribution in [0.15, 0.2) is 0 Å². The predicted octanol–water partition coefficient (Wildman–Crippen LogP) is 4.05. The van der Waals surface area contributed by atoms with E-state index in [-0.39, 0.29) is 52.9 Å². The number of hydrogen-bond acceptors (Lipinski definition) is 4. The molecule has 10 atom stereocenters. The van der Waals surface area contributed by atoms with Crippen molar-refractivity contribution in [1.82, 2.24) is 0 Å². The zero-order valence-electron chi connectivity index (χ0n) is 19.1. The average molecular weight is 421 g/mol. The van der Waals surface area contributed by atoms with Gasteiger partial charge in [0.25, 0.3) is 0 Å². The Morgan fingerprint density at radius 1 is 1.10 bits per heavy atom. The highest BCUT2D eigenvalue weighted by Crippen LogP contribution is 2.70. The molecule has 4 aliphatic carbocycles. The highest BCUT2D eigenvalue weighted by Gasteiger charge is 2.68. The number of carboxylic acid groups (broad SMARTS) is 1. The predicted molar refractivity (Wildman–Crippen MR) is 114 cm³/mol. The molecule has 4 fully saturated rings. The van der Waals surface area contributed by atoms with Crippen LogP contribution in [0.25, 0.3) is 0 Å². The molecule has 4 rings (SSSR count). The Morgan fingerprint density at radius 3 is 2.47 bits per heavy atom. The Hall–Kier alpha value is -0.940. The van der Waals surface area contributed by atoms with Gasteiger partial charge in [0.2, 0.25) is 0 Å². The lowest BCUT2D eigenvalue weighted by molar-refractivity contribution is -0.208. The van der Waals surface area contributed by atoms with Crippen molar-refractivity contribution in [2.75, 3.05) is 0 Å². The second-order valence-electron chi connectivity index (χ2n) is 11.9. The fraction of sp³-hybridized carbons (Fsp3) is 0.920. The summed E-state index contributed by atoms with van der Waals surface area (Å²) in [4.78, 5) is 24.8. The van der Waals surface area contributed by atoms with E-state index in [1.54, 1.807) is 0 Å². The molecule has 0 heterocycles. The smallest absolute Gasteiger partial charge is 0.303 e. The average Bonchev–Trinajstić information content (AvgIpc) is 3.00. The first-order valence-corrected chi connectivity index (χ1v) is 12.1. The van der Waals surface area contributed by atoms with Gasteiger partial charge in [0, 0.05) is 18.3 Å². The molecule has 170 valence electrons. The first kappa shape index (κ1) is 22.3. The molecule has 0 spiro atoms. The van der Waals surface area contributed by atoms with E-state index in [2.05, 4.69) is 27.7 Å². The van der Waals surface area contributed by atoms with Gasteiger partial charge in [-0.25, -0.2) is 0 Å². The summed E-state index contributed by atoms with van der Waals surface area (Å²) >= 11 is 0. The summed E-state index contributed by atoms with van der Waals surface area (Å²) in [7, 11) is 0. The molecule has 0 aromatic heterocycles. The number of fused-ring (bicyclic) bond motifs is 5. The second kappa shape index (κ2) is 7.30. The quantitative estimate of drug-likeness (QED) is 0.638. The zero-order valence-corrected chi connectivity index (χ0v) is 19.1. The number of aliphatic hydroxyl groups excluding tert-OH is 2. The first-order chi connectivity index (χ1) is 13.9. The lowest BCUT2D eigenvalue weighted by atomic mass is 9.39. The van der Waals surface area contributed by atoms with E-state index in [9.17, 15) is 19.8 Å². The Balaban J connectivity index is 1.65. The Bertz CT molecular complexity index is 720. The molecule has 0 bridgehead atoms. The maximum Gasteiger partial charge on any atom is 0.303 e. The van der Waals surface area contributed by atoms with Crippen molar-refractivity contribution < 1.29 is 24.9 Å². The number of ketones is 1. The number of aliphatic hydroxyl groups is 2. The van der Waals surface area contributed by atoms with Gasteiger partial charge in [-0.15, -0.1) is 0 Å². The summed E-state index contributed by atoms with van der Waals surface area (Å²) < 4.78 is 0. The van der Waals surface area contributed by atoms with E-state index in [1.807, 2.05) is 0 Å². The molecule has 2 unspecified atom stereocenters. The lowest BCUT2D eigenvalue weighted by Crippen LogP contribution is -2.64. The summed E-state index contributed by atoms with van der Waals surface area (Å²) in [5.74, 6) is 0.465. The molecular weight excluding hydrogens is 380 g/mol. The van der Waals surface area contributed by atoms with E-state index >= 15 is 0 Å². The van der Waals surface area contributed by atoms with Crippen LogP contribution in [0.3, 0.4) is 0 Å². The van der Waals surface area contributed by atoms with Crippen LogP contribution >= 0.6 is 0 Å². The topological polar surface area (TPSA) is 94.8 Å². The maximum atomic E-state index is 13.8. The summed E-state index contributed by atoms with van der Waals surface area (Å²) in [6, 6.07) is 0. The minimum Gasteiger partial charge on any atom is -0.481 e. The van der Waals surface area contributed by atoms with Crippen LogP contribution in [0.2, 0.25) is 0 Å². The van der Waals surface area contributed by atoms with Crippen molar-refractivity contribution in [3.63, 3.8) is 0 Å². The summed E-state index contributed by atoms with van der Waals surface area (Å²) in [5.41, 5.74) is -0.607. The Labute approximate surface area is 180 Å². The SMILES string of the molecule is CC(CCC(=O)O)[C@H]1CC[C@H]2[C@@H]3[C@H](O)CC4(C)C[C@H](O)CC[C@]4(C)[C@H]3CC(=O)[C@]12C. The molecule has 0 aromatic rings. The zero-order chi connectivity index (χ0) is 22.1. The van der Waals surface area contributed by atoms with E-state index in [0.717, 1.165) is 32.1 Å². The van der Waals surface area contributed by atoms with Crippen LogP contribution in [0.4, 0.5) is 0 Å². The number of hydrogen-bond donors (Lipinski definition) is 3. The van der Waals surface area contributed by atoms with Crippen molar-refractivity contribution in [2.24, 2.45) is 45.8 Å². The molecule has 4 saturated carbocycles.